The Bertz CT molecular complexity index is 968. The molecule has 1 aliphatic heterocycles. The molecule has 0 aliphatic carbocycles. The Morgan fingerprint density at radius 2 is 1.97 bits per heavy atom. The van der Waals surface area contributed by atoms with Gasteiger partial charge in [0, 0.05) is 32.0 Å². The van der Waals surface area contributed by atoms with Gasteiger partial charge in [-0.3, -0.25) is 9.58 Å². The average molecular weight is 442 g/mol. The predicted octanol–water partition coefficient (Wildman–Crippen LogP) is 2.74. The number of hydrogen-bond acceptors (Lipinski definition) is 6. The zero-order chi connectivity index (χ0) is 22.2. The molecule has 3 aromatic rings. The van der Waals surface area contributed by atoms with Crippen molar-refractivity contribution in [2.24, 2.45) is 0 Å². The van der Waals surface area contributed by atoms with E-state index >= 15 is 0 Å². The van der Waals surface area contributed by atoms with E-state index in [4.69, 9.17) is 14.2 Å². The first-order chi connectivity index (χ1) is 15.6. The molecule has 1 atom stereocenters. The highest BCUT2D eigenvalue weighted by atomic mass is 19.1. The van der Waals surface area contributed by atoms with Crippen LogP contribution in [-0.4, -0.2) is 64.9 Å². The van der Waals surface area contributed by atoms with E-state index in [0.717, 1.165) is 11.3 Å². The molecule has 1 saturated heterocycles. The molecule has 1 N–H and O–H groups in total. The van der Waals surface area contributed by atoms with Gasteiger partial charge in [-0.15, -0.1) is 0 Å². The van der Waals surface area contributed by atoms with Gasteiger partial charge in [0.2, 0.25) is 0 Å². The maximum atomic E-state index is 13.1. The third-order valence-corrected chi connectivity index (χ3v) is 5.21. The normalized spacial score (nSPS) is 19.4. The van der Waals surface area contributed by atoms with Crippen LogP contribution >= 0.6 is 0 Å². The van der Waals surface area contributed by atoms with Gasteiger partial charge in [-0.25, -0.2) is 4.39 Å². The van der Waals surface area contributed by atoms with E-state index in [2.05, 4.69) is 10.00 Å². The molecule has 0 saturated carbocycles. The van der Waals surface area contributed by atoms with Crippen molar-refractivity contribution in [1.82, 2.24) is 14.7 Å². The number of aromatic nitrogens is 2. The van der Waals surface area contributed by atoms with Crippen LogP contribution in [0.2, 0.25) is 0 Å². The van der Waals surface area contributed by atoms with E-state index in [1.807, 2.05) is 41.2 Å². The fraction of sp³-hybridized carbons (Fsp3) is 0.375. The Kier molecular flexibility index (Phi) is 7.36. The van der Waals surface area contributed by atoms with Crippen LogP contribution < -0.4 is 9.47 Å². The third kappa shape index (κ3) is 6.53. The lowest BCUT2D eigenvalue weighted by molar-refractivity contribution is -0.0646. The molecule has 0 unspecified atom stereocenters. The number of benzene rings is 2. The van der Waals surface area contributed by atoms with Crippen molar-refractivity contribution in [2.75, 3.05) is 39.5 Å². The summed E-state index contributed by atoms with van der Waals surface area (Å²) in [4.78, 5) is 2.14. The van der Waals surface area contributed by atoms with Crippen molar-refractivity contribution in [1.29, 1.82) is 0 Å². The summed E-state index contributed by atoms with van der Waals surface area (Å²) in [6, 6.07) is 15.6. The topological polar surface area (TPSA) is 69.0 Å². The highest BCUT2D eigenvalue weighted by Gasteiger charge is 2.33. The Morgan fingerprint density at radius 3 is 2.78 bits per heavy atom. The molecule has 2 heterocycles. The van der Waals surface area contributed by atoms with E-state index in [-0.39, 0.29) is 19.0 Å². The fourth-order valence-electron chi connectivity index (χ4n) is 3.65. The number of nitrogens with zero attached hydrogens (tertiary/aromatic N) is 3. The van der Waals surface area contributed by atoms with Crippen LogP contribution in [0, 0.1) is 5.82 Å². The van der Waals surface area contributed by atoms with Crippen molar-refractivity contribution < 1.29 is 23.7 Å². The van der Waals surface area contributed by atoms with E-state index in [1.165, 1.54) is 12.1 Å². The molecule has 0 amide bonds. The van der Waals surface area contributed by atoms with Gasteiger partial charge in [0.15, 0.2) is 0 Å². The quantitative estimate of drug-likeness (QED) is 0.551. The lowest BCUT2D eigenvalue weighted by atomic mass is 10.1. The number of halogens is 1. The Balaban J connectivity index is 1.31. The molecule has 170 valence electrons. The van der Waals surface area contributed by atoms with Gasteiger partial charge in [0.05, 0.1) is 19.8 Å². The monoisotopic (exact) mass is 441 g/mol. The van der Waals surface area contributed by atoms with Gasteiger partial charge in [-0.05, 0) is 48.0 Å². The van der Waals surface area contributed by atoms with E-state index in [1.54, 1.807) is 18.3 Å². The van der Waals surface area contributed by atoms with E-state index in [0.29, 0.717) is 45.1 Å². The minimum Gasteiger partial charge on any atom is -0.492 e. The molecule has 32 heavy (non-hydrogen) atoms. The molecular formula is C24H28FN3O4. The summed E-state index contributed by atoms with van der Waals surface area (Å²) < 4.78 is 32.1. The van der Waals surface area contributed by atoms with Crippen molar-refractivity contribution in [3.8, 4) is 11.5 Å². The average Bonchev–Trinajstić information content (AvgIpc) is 3.23. The first-order valence-corrected chi connectivity index (χ1v) is 10.7. The Labute approximate surface area is 186 Å². The highest BCUT2D eigenvalue weighted by Crippen LogP contribution is 2.20. The van der Waals surface area contributed by atoms with Gasteiger partial charge >= 0.3 is 0 Å². The second-order valence-corrected chi connectivity index (χ2v) is 8.00. The van der Waals surface area contributed by atoms with Crippen LogP contribution in [0.25, 0.3) is 0 Å². The number of rotatable bonds is 9. The predicted molar refractivity (Wildman–Crippen MR) is 117 cm³/mol. The zero-order valence-electron chi connectivity index (χ0n) is 17.9. The van der Waals surface area contributed by atoms with Crippen LogP contribution in [0.4, 0.5) is 4.39 Å². The molecule has 1 fully saturated rings. The molecular weight excluding hydrogens is 413 g/mol. The summed E-state index contributed by atoms with van der Waals surface area (Å²) in [6.07, 6.45) is 3.65. The molecule has 1 aliphatic rings. The van der Waals surface area contributed by atoms with Crippen LogP contribution in [0.15, 0.2) is 67.0 Å². The van der Waals surface area contributed by atoms with Gasteiger partial charge in [-0.2, -0.15) is 5.10 Å². The highest BCUT2D eigenvalue weighted by molar-refractivity contribution is 5.28. The molecule has 0 radical (unpaired) electrons. The number of β-amino-alcohol motifs (C(OH)–C–C–N with tert-alkyl or cyclic N) is 1. The first kappa shape index (κ1) is 22.3. The molecule has 1 aromatic heterocycles. The minimum atomic E-state index is -1.16. The summed E-state index contributed by atoms with van der Waals surface area (Å²) in [5.74, 6) is 0.985. The van der Waals surface area contributed by atoms with Crippen LogP contribution in [0.5, 0.6) is 11.5 Å². The Morgan fingerprint density at radius 1 is 1.09 bits per heavy atom. The van der Waals surface area contributed by atoms with Gasteiger partial charge < -0.3 is 19.3 Å². The summed E-state index contributed by atoms with van der Waals surface area (Å²) in [5, 5.41) is 15.2. The van der Waals surface area contributed by atoms with Crippen LogP contribution in [-0.2, 0) is 17.8 Å². The van der Waals surface area contributed by atoms with Crippen LogP contribution in [0.3, 0.4) is 0 Å². The van der Waals surface area contributed by atoms with E-state index in [9.17, 15) is 9.50 Å². The smallest absolute Gasteiger partial charge is 0.134 e. The largest absolute Gasteiger partial charge is 0.492 e. The summed E-state index contributed by atoms with van der Waals surface area (Å²) >= 11 is 0. The molecule has 8 heteroatoms. The minimum absolute atomic E-state index is 0.0612. The van der Waals surface area contributed by atoms with Gasteiger partial charge in [0.25, 0.3) is 0 Å². The van der Waals surface area contributed by atoms with Gasteiger partial charge in [0.1, 0.15) is 36.1 Å². The summed E-state index contributed by atoms with van der Waals surface area (Å²) in [5.41, 5.74) is -0.0757. The third-order valence-electron chi connectivity index (χ3n) is 5.21. The number of ether oxygens (including phenoxy) is 3. The zero-order valence-corrected chi connectivity index (χ0v) is 17.9. The van der Waals surface area contributed by atoms with Crippen molar-refractivity contribution in [3.63, 3.8) is 0 Å². The molecule has 4 rings (SSSR count). The lowest BCUT2D eigenvalue weighted by Crippen LogP contribution is -2.48. The van der Waals surface area contributed by atoms with Crippen molar-refractivity contribution in [3.05, 3.63) is 78.4 Å². The Hall–Kier alpha value is -2.94. The molecule has 0 bridgehead atoms. The SMILES string of the molecule is O[C@]1(COc2ccc(F)cc2)COCCN(Cc2cccc(OCCn3cccn3)c2)C1. The molecule has 0 spiro atoms. The van der Waals surface area contributed by atoms with Crippen molar-refractivity contribution in [2.45, 2.75) is 18.7 Å². The maximum absolute atomic E-state index is 13.1. The second kappa shape index (κ2) is 10.6. The molecule has 7 nitrogen and oxygen atoms in total. The standard InChI is InChI=1S/C24H28FN3O4/c25-21-5-7-22(8-6-21)32-19-24(29)17-27(11-13-30-18-24)16-20-3-1-4-23(15-20)31-14-12-28-10-2-9-26-28/h1-10,15,29H,11-14,16-19H2/t24-/m0/s1. The maximum Gasteiger partial charge on any atom is 0.134 e. The summed E-state index contributed by atoms with van der Waals surface area (Å²) in [7, 11) is 0. The van der Waals surface area contributed by atoms with Crippen molar-refractivity contribution >= 4 is 0 Å². The van der Waals surface area contributed by atoms with Crippen LogP contribution in [0.1, 0.15) is 5.56 Å². The fourth-order valence-corrected chi connectivity index (χ4v) is 3.65. The van der Waals surface area contributed by atoms with Gasteiger partial charge in [-0.1, -0.05) is 12.1 Å². The molecule has 2 aromatic carbocycles. The number of aliphatic hydroxyl groups is 1. The first-order valence-electron chi connectivity index (χ1n) is 10.7. The number of hydrogen-bond donors (Lipinski definition) is 1. The van der Waals surface area contributed by atoms with E-state index < -0.39 is 5.60 Å². The lowest BCUT2D eigenvalue weighted by Gasteiger charge is -2.30. The second-order valence-electron chi connectivity index (χ2n) is 8.00. The summed E-state index contributed by atoms with van der Waals surface area (Å²) in [6.45, 7) is 3.73.